The van der Waals surface area contributed by atoms with E-state index in [1.807, 2.05) is 0 Å². The van der Waals surface area contributed by atoms with Crippen LogP contribution >= 0.6 is 0 Å². The van der Waals surface area contributed by atoms with E-state index in [1.165, 1.54) is 67.7 Å². The molecule has 0 radical (unpaired) electrons. The molecule has 0 aliphatic heterocycles. The normalized spacial score (nSPS) is 12.7. The highest BCUT2D eigenvalue weighted by Crippen LogP contribution is 2.19. The molecular weight excluding hydrogens is 252 g/mol. The van der Waals surface area contributed by atoms with Gasteiger partial charge in [0.05, 0.1) is 0 Å². The van der Waals surface area contributed by atoms with Crippen LogP contribution in [0.5, 0.6) is 0 Å². The number of aryl methyl sites for hydroxylation is 1. The van der Waals surface area contributed by atoms with E-state index >= 15 is 0 Å². The highest BCUT2D eigenvalue weighted by Gasteiger charge is 2.02. The SMILES string of the molecule is CCCCCC(C)CCCCc1ccc2ccccc2c1. The molecular formula is C21H30. The minimum Gasteiger partial charge on any atom is -0.0654 e. The molecule has 2 aromatic carbocycles. The predicted molar refractivity (Wildman–Crippen MR) is 94.8 cm³/mol. The molecule has 2 aromatic rings. The molecule has 0 heterocycles. The third-order valence-electron chi connectivity index (χ3n) is 4.53. The summed E-state index contributed by atoms with van der Waals surface area (Å²) in [7, 11) is 0. The van der Waals surface area contributed by atoms with Crippen LogP contribution in [0.3, 0.4) is 0 Å². The van der Waals surface area contributed by atoms with Crippen molar-refractivity contribution in [3.63, 3.8) is 0 Å². The van der Waals surface area contributed by atoms with E-state index in [-0.39, 0.29) is 0 Å². The Hall–Kier alpha value is -1.30. The van der Waals surface area contributed by atoms with Crippen LogP contribution in [0.1, 0.15) is 64.4 Å². The lowest BCUT2D eigenvalue weighted by Gasteiger charge is -2.10. The highest BCUT2D eigenvalue weighted by atomic mass is 14.1. The van der Waals surface area contributed by atoms with Crippen molar-refractivity contribution in [2.24, 2.45) is 5.92 Å². The molecule has 0 aliphatic rings. The maximum absolute atomic E-state index is 2.42. The van der Waals surface area contributed by atoms with Gasteiger partial charge >= 0.3 is 0 Å². The first kappa shape index (κ1) is 16.1. The maximum atomic E-state index is 2.42. The summed E-state index contributed by atoms with van der Waals surface area (Å²) in [6.07, 6.45) is 10.9. The molecule has 0 aliphatic carbocycles. The average molecular weight is 282 g/mol. The van der Waals surface area contributed by atoms with E-state index in [0.29, 0.717) is 0 Å². The topological polar surface area (TPSA) is 0 Å². The van der Waals surface area contributed by atoms with Crippen LogP contribution in [0.2, 0.25) is 0 Å². The molecule has 21 heavy (non-hydrogen) atoms. The predicted octanol–water partition coefficient (Wildman–Crippen LogP) is 6.77. The van der Waals surface area contributed by atoms with Crippen molar-refractivity contribution < 1.29 is 0 Å². The Kier molecular flexibility index (Phi) is 6.79. The van der Waals surface area contributed by atoms with Gasteiger partial charge in [-0.05, 0) is 35.1 Å². The van der Waals surface area contributed by atoms with Crippen LogP contribution in [0.4, 0.5) is 0 Å². The zero-order valence-corrected chi connectivity index (χ0v) is 13.8. The summed E-state index contributed by atoms with van der Waals surface area (Å²) in [5, 5.41) is 2.73. The number of rotatable bonds is 9. The molecule has 1 unspecified atom stereocenters. The first-order valence-electron chi connectivity index (χ1n) is 8.77. The van der Waals surface area contributed by atoms with Gasteiger partial charge in [-0.3, -0.25) is 0 Å². The summed E-state index contributed by atoms with van der Waals surface area (Å²) in [5.41, 5.74) is 1.49. The molecule has 0 spiro atoms. The van der Waals surface area contributed by atoms with Gasteiger partial charge in [0.25, 0.3) is 0 Å². The van der Waals surface area contributed by atoms with Gasteiger partial charge in [0, 0.05) is 0 Å². The summed E-state index contributed by atoms with van der Waals surface area (Å²) < 4.78 is 0. The third-order valence-corrected chi connectivity index (χ3v) is 4.53. The lowest BCUT2D eigenvalue weighted by atomic mass is 9.95. The molecule has 0 heteroatoms. The standard InChI is InChI=1S/C21H30/c1-3-4-5-10-18(2)11-6-7-12-19-15-16-20-13-8-9-14-21(20)17-19/h8-9,13-18H,3-7,10-12H2,1-2H3. The van der Waals surface area contributed by atoms with Crippen LogP contribution in [0, 0.1) is 5.92 Å². The quantitative estimate of drug-likeness (QED) is 0.445. The van der Waals surface area contributed by atoms with Crippen LogP contribution < -0.4 is 0 Å². The summed E-state index contributed by atoms with van der Waals surface area (Å²) >= 11 is 0. The second-order valence-corrected chi connectivity index (χ2v) is 6.53. The molecule has 0 bridgehead atoms. The third kappa shape index (κ3) is 5.53. The van der Waals surface area contributed by atoms with Crippen molar-refractivity contribution in [2.45, 2.75) is 65.2 Å². The number of unbranched alkanes of at least 4 members (excludes halogenated alkanes) is 3. The largest absolute Gasteiger partial charge is 0.0654 e. The van der Waals surface area contributed by atoms with Gasteiger partial charge in [0.15, 0.2) is 0 Å². The number of hydrogen-bond donors (Lipinski definition) is 0. The minimum absolute atomic E-state index is 0.910. The van der Waals surface area contributed by atoms with Gasteiger partial charge in [0.2, 0.25) is 0 Å². The number of benzene rings is 2. The summed E-state index contributed by atoms with van der Waals surface area (Å²) in [6.45, 7) is 4.71. The van der Waals surface area contributed by atoms with Gasteiger partial charge in [-0.1, -0.05) is 94.8 Å². The molecule has 0 fully saturated rings. The van der Waals surface area contributed by atoms with Gasteiger partial charge in [-0.25, -0.2) is 0 Å². The second kappa shape index (κ2) is 8.87. The monoisotopic (exact) mass is 282 g/mol. The lowest BCUT2D eigenvalue weighted by molar-refractivity contribution is 0.444. The van der Waals surface area contributed by atoms with Crippen molar-refractivity contribution >= 4 is 10.8 Å². The number of hydrogen-bond acceptors (Lipinski definition) is 0. The van der Waals surface area contributed by atoms with Crippen LogP contribution in [0.15, 0.2) is 42.5 Å². The molecule has 0 amide bonds. The molecule has 0 N–H and O–H groups in total. The van der Waals surface area contributed by atoms with Gasteiger partial charge in [0.1, 0.15) is 0 Å². The maximum Gasteiger partial charge on any atom is -0.0181 e. The average Bonchev–Trinajstić information content (AvgIpc) is 2.52. The fourth-order valence-corrected chi connectivity index (χ4v) is 3.10. The van der Waals surface area contributed by atoms with Crippen molar-refractivity contribution in [2.75, 3.05) is 0 Å². The van der Waals surface area contributed by atoms with E-state index in [4.69, 9.17) is 0 Å². The Morgan fingerprint density at radius 2 is 1.52 bits per heavy atom. The summed E-state index contributed by atoms with van der Waals surface area (Å²) in [5.74, 6) is 0.910. The second-order valence-electron chi connectivity index (χ2n) is 6.53. The Morgan fingerprint density at radius 3 is 2.29 bits per heavy atom. The fraction of sp³-hybridized carbons (Fsp3) is 0.524. The van der Waals surface area contributed by atoms with Crippen molar-refractivity contribution in [3.8, 4) is 0 Å². The molecule has 2 rings (SSSR count). The molecule has 1 atom stereocenters. The van der Waals surface area contributed by atoms with Crippen molar-refractivity contribution in [1.29, 1.82) is 0 Å². The summed E-state index contributed by atoms with van der Waals surface area (Å²) in [4.78, 5) is 0. The van der Waals surface area contributed by atoms with Crippen LogP contribution in [-0.4, -0.2) is 0 Å². The van der Waals surface area contributed by atoms with E-state index < -0.39 is 0 Å². The lowest BCUT2D eigenvalue weighted by Crippen LogP contribution is -1.95. The fourth-order valence-electron chi connectivity index (χ4n) is 3.10. The molecule has 0 aromatic heterocycles. The Labute approximate surface area is 130 Å². The first-order valence-corrected chi connectivity index (χ1v) is 8.77. The van der Waals surface area contributed by atoms with Gasteiger partial charge in [-0.15, -0.1) is 0 Å². The van der Waals surface area contributed by atoms with Crippen molar-refractivity contribution in [1.82, 2.24) is 0 Å². The zero-order chi connectivity index (χ0) is 14.9. The van der Waals surface area contributed by atoms with E-state index in [1.54, 1.807) is 0 Å². The molecule has 0 saturated heterocycles. The summed E-state index contributed by atoms with van der Waals surface area (Å²) in [6, 6.07) is 15.6. The Morgan fingerprint density at radius 1 is 0.810 bits per heavy atom. The Balaban J connectivity index is 1.70. The van der Waals surface area contributed by atoms with Crippen LogP contribution in [-0.2, 0) is 6.42 Å². The smallest absolute Gasteiger partial charge is 0.0181 e. The molecule has 0 saturated carbocycles. The van der Waals surface area contributed by atoms with E-state index in [2.05, 4.69) is 56.3 Å². The zero-order valence-electron chi connectivity index (χ0n) is 13.8. The van der Waals surface area contributed by atoms with Gasteiger partial charge < -0.3 is 0 Å². The number of fused-ring (bicyclic) bond motifs is 1. The van der Waals surface area contributed by atoms with Crippen LogP contribution in [0.25, 0.3) is 10.8 Å². The molecule has 0 nitrogen and oxygen atoms in total. The van der Waals surface area contributed by atoms with Crippen molar-refractivity contribution in [3.05, 3.63) is 48.0 Å². The van der Waals surface area contributed by atoms with Gasteiger partial charge in [-0.2, -0.15) is 0 Å². The molecule has 114 valence electrons. The highest BCUT2D eigenvalue weighted by molar-refractivity contribution is 5.82. The Bertz CT molecular complexity index is 526. The first-order chi connectivity index (χ1) is 10.3. The van der Waals surface area contributed by atoms with E-state index in [9.17, 15) is 0 Å². The minimum atomic E-state index is 0.910. The van der Waals surface area contributed by atoms with E-state index in [0.717, 1.165) is 5.92 Å².